The lowest BCUT2D eigenvalue weighted by Crippen LogP contribution is -2.50. The largest absolute Gasteiger partial charge is 0.530 e. The number of nitrogens with one attached hydrogen (secondary N) is 1. The second kappa shape index (κ2) is 7.33. The predicted molar refractivity (Wildman–Crippen MR) is 74.4 cm³/mol. The number of hydrogen-bond donors (Lipinski definition) is 1. The first-order chi connectivity index (χ1) is 11.0. The molecule has 1 amide bonds. The zero-order chi connectivity index (χ0) is 16.8. The third-order valence-electron chi connectivity index (χ3n) is 3.54. The van der Waals surface area contributed by atoms with Crippen LogP contribution in [0.5, 0.6) is 0 Å². The average Bonchev–Trinajstić information content (AvgIpc) is 3.04. The van der Waals surface area contributed by atoms with Crippen LogP contribution in [0.1, 0.15) is 18.4 Å². The topological polar surface area (TPSA) is 125 Å². The van der Waals surface area contributed by atoms with Crippen molar-refractivity contribution < 1.29 is 29.0 Å². The van der Waals surface area contributed by atoms with Crippen LogP contribution in [0.4, 0.5) is 4.79 Å². The van der Waals surface area contributed by atoms with E-state index in [1.165, 1.54) is 0 Å². The summed E-state index contributed by atoms with van der Waals surface area (Å²) in [6.45, 7) is 0.0872. The Morgan fingerprint density at radius 1 is 1.30 bits per heavy atom. The molecule has 23 heavy (non-hydrogen) atoms. The number of benzene rings is 1. The van der Waals surface area contributed by atoms with Crippen LogP contribution in [-0.2, 0) is 20.9 Å². The van der Waals surface area contributed by atoms with Crippen LogP contribution in [0.25, 0.3) is 0 Å². The van der Waals surface area contributed by atoms with E-state index in [2.05, 4.69) is 4.79 Å². The first-order valence-electron chi connectivity index (χ1n) is 7.02. The van der Waals surface area contributed by atoms with Gasteiger partial charge in [0.15, 0.2) is 0 Å². The Morgan fingerprint density at radius 2 is 2.00 bits per heavy atom. The Labute approximate surface area is 131 Å². The van der Waals surface area contributed by atoms with E-state index >= 15 is 0 Å². The molecule has 1 N–H and O–H groups in total. The number of likely N-dealkylation sites (tertiary alicyclic amines) is 1. The standard InChI is InChI=1S/C15H15N3O5/c16-17-12(13(19)11-7-4-8-18(11)15(21)22)14(20)23-9-10-5-2-1-3-6-10/h1-3,5-6,11,16H,4,7-9H2. The van der Waals surface area contributed by atoms with Crippen molar-refractivity contribution in [3.63, 3.8) is 0 Å². The zero-order valence-electron chi connectivity index (χ0n) is 12.2. The third kappa shape index (κ3) is 3.81. The van der Waals surface area contributed by atoms with Crippen molar-refractivity contribution in [2.45, 2.75) is 25.5 Å². The number of ether oxygens (including phenoxy) is 1. The molecule has 2 rings (SSSR count). The Kier molecular flexibility index (Phi) is 5.22. The average molecular weight is 317 g/mol. The lowest BCUT2D eigenvalue weighted by molar-refractivity contribution is -0.266. The van der Waals surface area contributed by atoms with Crippen molar-refractivity contribution in [3.05, 3.63) is 35.9 Å². The van der Waals surface area contributed by atoms with E-state index in [9.17, 15) is 19.5 Å². The summed E-state index contributed by atoms with van der Waals surface area (Å²) >= 11 is 0. The van der Waals surface area contributed by atoms with Crippen molar-refractivity contribution in [3.8, 4) is 0 Å². The minimum atomic E-state index is -1.48. The van der Waals surface area contributed by atoms with E-state index < -0.39 is 29.6 Å². The molecule has 0 spiro atoms. The van der Waals surface area contributed by atoms with Gasteiger partial charge in [-0.1, -0.05) is 30.3 Å². The van der Waals surface area contributed by atoms with Crippen LogP contribution >= 0.6 is 0 Å². The van der Waals surface area contributed by atoms with Gasteiger partial charge in [0.25, 0.3) is 5.78 Å². The molecule has 8 nitrogen and oxygen atoms in total. The zero-order valence-corrected chi connectivity index (χ0v) is 12.2. The molecular formula is C15H15N3O5. The molecule has 1 aliphatic heterocycles. The molecule has 0 aliphatic carbocycles. The maximum atomic E-state index is 12.3. The van der Waals surface area contributed by atoms with Gasteiger partial charge in [-0.25, -0.2) is 4.79 Å². The molecule has 1 heterocycles. The van der Waals surface area contributed by atoms with Gasteiger partial charge < -0.3 is 19.5 Å². The molecule has 0 saturated carbocycles. The Hall–Kier alpha value is -2.99. The normalized spacial score (nSPS) is 16.5. The summed E-state index contributed by atoms with van der Waals surface area (Å²) in [4.78, 5) is 39.0. The molecule has 1 aliphatic rings. The predicted octanol–water partition coefficient (Wildman–Crippen LogP) is -0.213. The highest BCUT2D eigenvalue weighted by atomic mass is 16.5. The van der Waals surface area contributed by atoms with Gasteiger partial charge in [0.05, 0.1) is 10.3 Å². The fourth-order valence-electron chi connectivity index (χ4n) is 2.41. The van der Waals surface area contributed by atoms with E-state index in [0.29, 0.717) is 6.42 Å². The van der Waals surface area contributed by atoms with Crippen LogP contribution in [0.2, 0.25) is 0 Å². The molecule has 1 fully saturated rings. The number of hydrogen-bond acceptors (Lipinski definition) is 6. The summed E-state index contributed by atoms with van der Waals surface area (Å²) in [5.74, 6) is -1.88. The van der Waals surface area contributed by atoms with Crippen LogP contribution in [0.3, 0.4) is 0 Å². The van der Waals surface area contributed by atoms with Gasteiger partial charge >= 0.3 is 11.7 Å². The first-order valence-corrected chi connectivity index (χ1v) is 7.02. The van der Waals surface area contributed by atoms with Gasteiger partial charge in [-0.05, 0) is 18.4 Å². The molecule has 1 unspecified atom stereocenters. The number of ketones is 1. The van der Waals surface area contributed by atoms with E-state index in [1.807, 2.05) is 0 Å². The number of Topliss-reactive ketones (excluding diaryl/α,β-unsaturated/α-hetero) is 1. The maximum absolute atomic E-state index is 12.3. The molecule has 1 aromatic rings. The van der Waals surface area contributed by atoms with Crippen LogP contribution in [0.15, 0.2) is 30.3 Å². The number of carboxylic acid groups (broad SMARTS) is 1. The Bertz CT molecular complexity index is 667. The van der Waals surface area contributed by atoms with E-state index in [0.717, 1.165) is 10.5 Å². The van der Waals surface area contributed by atoms with Gasteiger partial charge in [-0.2, -0.15) is 0 Å². The molecule has 0 radical (unpaired) electrons. The van der Waals surface area contributed by atoms with E-state index in [4.69, 9.17) is 10.3 Å². The highest BCUT2D eigenvalue weighted by Gasteiger charge is 2.43. The van der Waals surface area contributed by atoms with Crippen molar-refractivity contribution in [2.75, 3.05) is 6.54 Å². The number of carbonyl (C=O) groups is 3. The van der Waals surface area contributed by atoms with Crippen molar-refractivity contribution in [1.29, 1.82) is 5.53 Å². The molecular weight excluding hydrogens is 302 g/mol. The van der Waals surface area contributed by atoms with Gasteiger partial charge in [-0.3, -0.25) is 4.79 Å². The summed E-state index contributed by atoms with van der Waals surface area (Å²) in [6, 6.07) is 7.77. The molecule has 0 aromatic heterocycles. The van der Waals surface area contributed by atoms with Crippen molar-refractivity contribution in [2.24, 2.45) is 0 Å². The van der Waals surface area contributed by atoms with Gasteiger partial charge in [0, 0.05) is 6.54 Å². The highest BCUT2D eigenvalue weighted by molar-refractivity contribution is 6.63. The van der Waals surface area contributed by atoms with Crippen LogP contribution in [-0.4, -0.2) is 45.8 Å². The minimum Gasteiger partial charge on any atom is -0.530 e. The monoisotopic (exact) mass is 317 g/mol. The van der Waals surface area contributed by atoms with Crippen molar-refractivity contribution in [1.82, 2.24) is 4.90 Å². The fraction of sp³-hybridized carbons (Fsp3) is 0.333. The summed E-state index contributed by atoms with van der Waals surface area (Å²) in [5.41, 5.74) is 7.03. The lowest BCUT2D eigenvalue weighted by Gasteiger charge is -2.23. The highest BCUT2D eigenvalue weighted by Crippen LogP contribution is 2.18. The number of carbonyl (C=O) groups excluding carboxylic acids is 3. The third-order valence-corrected chi connectivity index (χ3v) is 3.54. The quantitative estimate of drug-likeness (QED) is 0.264. The van der Waals surface area contributed by atoms with Gasteiger partial charge in [0.1, 0.15) is 18.7 Å². The first kappa shape index (κ1) is 16.4. The number of rotatable bonds is 5. The summed E-state index contributed by atoms with van der Waals surface area (Å²) in [7, 11) is 0. The molecule has 120 valence electrons. The number of nitrogens with zero attached hydrogens (tertiary/aromatic N) is 2. The summed E-state index contributed by atoms with van der Waals surface area (Å²) in [5, 5.41) is 11.0. The Morgan fingerprint density at radius 3 is 2.61 bits per heavy atom. The lowest BCUT2D eigenvalue weighted by atomic mass is 10.1. The molecule has 1 aromatic carbocycles. The van der Waals surface area contributed by atoms with Crippen LogP contribution < -0.4 is 5.11 Å². The molecule has 1 atom stereocenters. The fourth-order valence-corrected chi connectivity index (χ4v) is 2.41. The molecule has 1 saturated heterocycles. The minimum absolute atomic E-state index is 0.0686. The second-order valence-corrected chi connectivity index (χ2v) is 5.00. The van der Waals surface area contributed by atoms with Crippen LogP contribution in [0, 0.1) is 5.53 Å². The number of amides is 1. The SMILES string of the molecule is N=[N+]=C(C(=O)OCc1ccccc1)C(=O)C1CCCN1C(=O)[O-]. The van der Waals surface area contributed by atoms with Gasteiger partial charge in [-0.15, -0.1) is 0 Å². The maximum Gasteiger partial charge on any atom is 0.492 e. The number of esters is 1. The van der Waals surface area contributed by atoms with Crippen molar-refractivity contribution >= 4 is 23.6 Å². The van der Waals surface area contributed by atoms with Gasteiger partial charge in [0.2, 0.25) is 0 Å². The second-order valence-electron chi connectivity index (χ2n) is 5.00. The summed E-state index contributed by atoms with van der Waals surface area (Å²) in [6.07, 6.45) is -0.741. The van der Waals surface area contributed by atoms with E-state index in [1.54, 1.807) is 30.3 Å². The Balaban J connectivity index is 2.04. The smallest absolute Gasteiger partial charge is 0.492 e. The molecule has 8 heteroatoms. The van der Waals surface area contributed by atoms with E-state index in [-0.39, 0.29) is 19.6 Å². The summed E-state index contributed by atoms with van der Waals surface area (Å²) < 4.78 is 4.97. The molecule has 0 bridgehead atoms.